The van der Waals surface area contributed by atoms with Gasteiger partial charge in [0.15, 0.2) is 0 Å². The van der Waals surface area contributed by atoms with Crippen molar-refractivity contribution in [3.8, 4) is 0 Å². The second-order valence-corrected chi connectivity index (χ2v) is 14.2. The Bertz CT molecular complexity index is 1350. The summed E-state index contributed by atoms with van der Waals surface area (Å²) in [5, 5.41) is 10.1. The molecule has 3 heterocycles. The molecule has 11 nitrogen and oxygen atoms in total. The van der Waals surface area contributed by atoms with Gasteiger partial charge in [-0.25, -0.2) is 9.18 Å². The topological polar surface area (TPSA) is 120 Å². The molecule has 1 aromatic carbocycles. The highest BCUT2D eigenvalue weighted by Gasteiger charge is 2.31. The zero-order valence-electron chi connectivity index (χ0n) is 30.0. The fourth-order valence-electron chi connectivity index (χ4n) is 6.82. The van der Waals surface area contributed by atoms with E-state index in [1.165, 1.54) is 12.1 Å². The van der Waals surface area contributed by atoms with Crippen molar-refractivity contribution < 1.29 is 38.1 Å². The lowest BCUT2D eigenvalue weighted by Gasteiger charge is -2.37. The largest absolute Gasteiger partial charge is 0.442 e. The summed E-state index contributed by atoms with van der Waals surface area (Å²) in [6.07, 6.45) is 7.10. The Morgan fingerprint density at radius 1 is 1.00 bits per heavy atom. The molecule has 0 spiro atoms. The highest BCUT2D eigenvalue weighted by atomic mass is 19.1. The molecule has 4 rings (SSSR count). The molecule has 276 valence electrons. The predicted molar refractivity (Wildman–Crippen MR) is 190 cm³/mol. The number of allylic oxidation sites excluding steroid dienone is 2. The van der Waals surface area contributed by atoms with Gasteiger partial charge in [-0.2, -0.15) is 0 Å². The van der Waals surface area contributed by atoms with Crippen LogP contribution in [0, 0.1) is 29.5 Å². The number of aliphatic hydroxyl groups is 1. The van der Waals surface area contributed by atoms with E-state index in [0.29, 0.717) is 77.2 Å². The van der Waals surface area contributed by atoms with Crippen molar-refractivity contribution in [2.45, 2.75) is 58.7 Å². The maximum Gasteiger partial charge on any atom is 0.410 e. The van der Waals surface area contributed by atoms with E-state index in [-0.39, 0.29) is 35.9 Å². The fourth-order valence-corrected chi connectivity index (χ4v) is 6.82. The summed E-state index contributed by atoms with van der Waals surface area (Å²) in [6.45, 7) is 11.8. The number of ether oxygens (including phenoxy) is 2. The van der Waals surface area contributed by atoms with E-state index in [2.05, 4.69) is 9.80 Å². The molecule has 1 N–H and O–H groups in total. The number of nitrogens with zero attached hydrogens (tertiary/aromatic N) is 4. The zero-order chi connectivity index (χ0) is 36.2. The summed E-state index contributed by atoms with van der Waals surface area (Å²) in [5.74, 6) is -1.23. The molecule has 3 aliphatic heterocycles. The average Bonchev–Trinajstić information content (AvgIpc) is 3.64. The van der Waals surface area contributed by atoms with Gasteiger partial charge in [0, 0.05) is 77.0 Å². The minimum absolute atomic E-state index is 0.0546. The maximum atomic E-state index is 14.9. The maximum absolute atomic E-state index is 14.9. The minimum atomic E-state index is -0.756. The average molecular weight is 699 g/mol. The van der Waals surface area contributed by atoms with Crippen molar-refractivity contribution in [1.82, 2.24) is 14.7 Å². The summed E-state index contributed by atoms with van der Waals surface area (Å²) in [5.41, 5.74) is 2.13. The number of amides is 2. The van der Waals surface area contributed by atoms with Crippen LogP contribution in [-0.4, -0.2) is 129 Å². The van der Waals surface area contributed by atoms with Crippen LogP contribution in [0.4, 0.5) is 14.9 Å². The first-order valence-electron chi connectivity index (χ1n) is 18.0. The number of rotatable bonds is 15. The number of hydrogen-bond donors (Lipinski definition) is 1. The van der Waals surface area contributed by atoms with Crippen molar-refractivity contribution in [3.05, 3.63) is 47.3 Å². The summed E-state index contributed by atoms with van der Waals surface area (Å²) in [7, 11) is 2.01. The highest BCUT2D eigenvalue weighted by molar-refractivity contribution is 5.79. The van der Waals surface area contributed by atoms with Crippen LogP contribution < -0.4 is 4.90 Å². The van der Waals surface area contributed by atoms with Crippen LogP contribution in [0.15, 0.2) is 35.9 Å². The zero-order valence-corrected chi connectivity index (χ0v) is 30.0. The molecule has 3 saturated heterocycles. The van der Waals surface area contributed by atoms with Crippen LogP contribution in [0.2, 0.25) is 0 Å². The van der Waals surface area contributed by atoms with Gasteiger partial charge in [0.05, 0.1) is 18.6 Å². The number of aliphatic hydroxyl groups excluding tert-OH is 1. The molecule has 1 unspecified atom stereocenters. The quantitative estimate of drug-likeness (QED) is 0.214. The first-order chi connectivity index (χ1) is 24.0. The molecule has 0 bridgehead atoms. The SMILES string of the molecule is C/C(=C\c1cc(F)cc(N2CCN(C(=O)C3CCOC3)CC2)c1)[C@@H](C=O)[C@@H](C)/C=C/[C@H](OC(=O)N1CCN(C)CC1)[C@@H](C)CC[C@@H](O)CC=O. The Morgan fingerprint density at radius 3 is 2.34 bits per heavy atom. The second-order valence-electron chi connectivity index (χ2n) is 14.2. The van der Waals surface area contributed by atoms with Gasteiger partial charge in [0.1, 0.15) is 24.5 Å². The number of anilines is 1. The van der Waals surface area contributed by atoms with Gasteiger partial charge in [0.2, 0.25) is 5.91 Å². The predicted octanol–water partition coefficient (Wildman–Crippen LogP) is 4.04. The van der Waals surface area contributed by atoms with E-state index in [4.69, 9.17) is 9.47 Å². The van der Waals surface area contributed by atoms with Crippen LogP contribution in [0.3, 0.4) is 0 Å². The highest BCUT2D eigenvalue weighted by Crippen LogP contribution is 2.28. The van der Waals surface area contributed by atoms with Gasteiger partial charge >= 0.3 is 6.09 Å². The van der Waals surface area contributed by atoms with Crippen LogP contribution >= 0.6 is 0 Å². The number of carbonyl (C=O) groups is 4. The molecular weight excluding hydrogens is 643 g/mol. The van der Waals surface area contributed by atoms with E-state index in [1.54, 1.807) is 4.90 Å². The van der Waals surface area contributed by atoms with Crippen molar-refractivity contribution in [2.24, 2.45) is 23.7 Å². The lowest BCUT2D eigenvalue weighted by molar-refractivity contribution is -0.135. The van der Waals surface area contributed by atoms with Crippen LogP contribution in [0.25, 0.3) is 6.08 Å². The van der Waals surface area contributed by atoms with Crippen molar-refractivity contribution in [2.75, 3.05) is 77.5 Å². The van der Waals surface area contributed by atoms with Crippen LogP contribution in [-0.2, 0) is 23.9 Å². The second kappa shape index (κ2) is 19.1. The Kier molecular flexibility index (Phi) is 15.0. The first-order valence-corrected chi connectivity index (χ1v) is 18.0. The first kappa shape index (κ1) is 39.2. The summed E-state index contributed by atoms with van der Waals surface area (Å²) in [4.78, 5) is 57.0. The normalized spacial score (nSPS) is 22.2. The standard InChI is InChI=1S/C38H55FN4O7/c1-27(6-8-36(28(2)5-7-34(46)9-19-44)50-38(48)43-13-11-40(4)12-14-43)35(25-45)29(3)21-30-22-32(39)24-33(23-30)41-15-17-42(18-16-41)37(47)31-10-20-49-26-31/h6,8,19,21-25,27-28,31,34-36,46H,5,7,9-18,20,26H2,1-4H3/b8-6+,29-21+/t27-,28-,31?,34+,35-,36-/m0/s1. The van der Waals surface area contributed by atoms with Crippen molar-refractivity contribution >= 4 is 36.3 Å². The molecule has 2 amide bonds. The lowest BCUT2D eigenvalue weighted by Crippen LogP contribution is -2.50. The van der Waals surface area contributed by atoms with E-state index >= 15 is 0 Å². The van der Waals surface area contributed by atoms with Crippen LogP contribution in [0.1, 0.15) is 52.0 Å². The van der Waals surface area contributed by atoms with Gasteiger partial charge in [-0.1, -0.05) is 31.6 Å². The van der Waals surface area contributed by atoms with E-state index in [0.717, 1.165) is 37.1 Å². The van der Waals surface area contributed by atoms with Gasteiger partial charge < -0.3 is 43.8 Å². The molecule has 0 saturated carbocycles. The Hall–Kier alpha value is -3.61. The molecule has 1 aromatic rings. The van der Waals surface area contributed by atoms with E-state index < -0.39 is 24.2 Å². The van der Waals surface area contributed by atoms with Crippen molar-refractivity contribution in [1.29, 1.82) is 0 Å². The number of halogens is 1. The molecule has 50 heavy (non-hydrogen) atoms. The summed E-state index contributed by atoms with van der Waals surface area (Å²) < 4.78 is 26.3. The molecule has 12 heteroatoms. The number of likely N-dealkylation sites (N-methyl/N-ethyl adjacent to an activating group) is 1. The monoisotopic (exact) mass is 698 g/mol. The van der Waals surface area contributed by atoms with E-state index in [9.17, 15) is 28.7 Å². The Balaban J connectivity index is 1.42. The Labute approximate surface area is 296 Å². The third-order valence-corrected chi connectivity index (χ3v) is 10.3. The molecule has 6 atom stereocenters. The van der Waals surface area contributed by atoms with Gasteiger partial charge in [-0.05, 0) is 74.9 Å². The summed E-state index contributed by atoms with van der Waals surface area (Å²) >= 11 is 0. The molecule has 3 fully saturated rings. The third kappa shape index (κ3) is 11.2. The summed E-state index contributed by atoms with van der Waals surface area (Å²) in [6, 6.07) is 4.86. The molecular formula is C38H55FN4O7. The third-order valence-electron chi connectivity index (χ3n) is 10.3. The number of piperazine rings is 2. The number of hydrogen-bond acceptors (Lipinski definition) is 9. The van der Waals surface area contributed by atoms with Crippen LogP contribution in [0.5, 0.6) is 0 Å². The van der Waals surface area contributed by atoms with Gasteiger partial charge in [-0.15, -0.1) is 0 Å². The molecule has 3 aliphatic rings. The minimum Gasteiger partial charge on any atom is -0.442 e. The number of aldehydes is 2. The number of benzene rings is 1. The van der Waals surface area contributed by atoms with Gasteiger partial charge in [0.25, 0.3) is 0 Å². The smallest absolute Gasteiger partial charge is 0.410 e. The van der Waals surface area contributed by atoms with Gasteiger partial charge in [-0.3, -0.25) is 4.79 Å². The lowest BCUT2D eigenvalue weighted by atomic mass is 9.86. The molecule has 0 aromatic heterocycles. The van der Waals surface area contributed by atoms with E-state index in [1.807, 2.05) is 57.0 Å². The Morgan fingerprint density at radius 2 is 1.70 bits per heavy atom. The van der Waals surface area contributed by atoms with Crippen molar-refractivity contribution in [3.63, 3.8) is 0 Å². The molecule has 0 radical (unpaired) electrons. The molecule has 0 aliphatic carbocycles. The number of carbonyl (C=O) groups excluding carboxylic acids is 4. The fraction of sp³-hybridized carbons (Fsp3) is 0.632.